The van der Waals surface area contributed by atoms with Gasteiger partial charge in [-0.15, -0.1) is 0 Å². The molecule has 5 aromatic rings. The number of carbonyl (C=O) groups is 1. The summed E-state index contributed by atoms with van der Waals surface area (Å²) >= 11 is 4.03. The molecule has 0 spiro atoms. The van der Waals surface area contributed by atoms with Crippen LogP contribution in [0.4, 0.5) is 0 Å². The molecule has 224 valence electrons. The minimum atomic E-state index is 0.130. The molecule has 0 aliphatic heterocycles. The molecule has 0 heterocycles. The lowest BCUT2D eigenvalue weighted by atomic mass is 9.94. The number of hydrogen-bond donors (Lipinski definition) is 0. The van der Waals surface area contributed by atoms with Crippen molar-refractivity contribution in [3.8, 4) is 33.4 Å². The number of benzene rings is 5. The molecule has 0 atom stereocenters. The van der Waals surface area contributed by atoms with Crippen molar-refractivity contribution in [3.63, 3.8) is 0 Å². The van der Waals surface area contributed by atoms with E-state index in [2.05, 4.69) is 127 Å². The van der Waals surface area contributed by atoms with Crippen LogP contribution in [0, 0.1) is 0 Å². The van der Waals surface area contributed by atoms with Gasteiger partial charge in [-0.3, -0.25) is 4.79 Å². The fourth-order valence-corrected chi connectivity index (χ4v) is 7.60. The molecule has 45 heavy (non-hydrogen) atoms. The van der Waals surface area contributed by atoms with Gasteiger partial charge in [0.05, 0.1) is 0 Å². The summed E-state index contributed by atoms with van der Waals surface area (Å²) < 4.78 is 1.04. The number of halogens is 1. The Balaban J connectivity index is 1.24. The number of unbranched alkanes of at least 4 members (excludes halogenated alkanes) is 2. The van der Waals surface area contributed by atoms with E-state index in [9.17, 15) is 4.79 Å². The molecule has 0 radical (unpaired) electrons. The fourth-order valence-electron chi connectivity index (χ4n) is 6.91. The number of rotatable bonds is 9. The largest absolute Gasteiger partial charge is 0.339 e. The minimum Gasteiger partial charge on any atom is -0.339 e. The van der Waals surface area contributed by atoms with Crippen LogP contribution in [0.3, 0.4) is 0 Å². The van der Waals surface area contributed by atoms with Crippen LogP contribution >= 0.6 is 15.9 Å². The molecule has 0 bridgehead atoms. The summed E-state index contributed by atoms with van der Waals surface area (Å²) in [6, 6.07) is 39.4. The second-order valence-electron chi connectivity index (χ2n) is 12.3. The van der Waals surface area contributed by atoms with Crippen molar-refractivity contribution in [1.82, 2.24) is 4.90 Å². The third-order valence-electron chi connectivity index (χ3n) is 9.36. The monoisotopic (exact) mass is 651 g/mol. The molecular formula is C42H38BrNO. The fraction of sp³-hybridized carbons (Fsp3) is 0.214. The van der Waals surface area contributed by atoms with E-state index < -0.39 is 0 Å². The van der Waals surface area contributed by atoms with Gasteiger partial charge >= 0.3 is 0 Å². The van der Waals surface area contributed by atoms with Crippen LogP contribution in [0.25, 0.3) is 43.4 Å². The van der Waals surface area contributed by atoms with Crippen LogP contribution in [0.15, 0.2) is 109 Å². The smallest absolute Gasteiger partial charge is 0.253 e. The summed E-state index contributed by atoms with van der Waals surface area (Å²) in [7, 11) is 0. The number of amides is 1. The number of hydrogen-bond acceptors (Lipinski definition) is 1. The van der Waals surface area contributed by atoms with Crippen LogP contribution in [0.5, 0.6) is 0 Å². The van der Waals surface area contributed by atoms with E-state index in [0.717, 1.165) is 60.8 Å². The quantitative estimate of drug-likeness (QED) is 0.152. The zero-order chi connectivity index (χ0) is 30.9. The maximum atomic E-state index is 13.4. The second-order valence-corrected chi connectivity index (χ2v) is 13.1. The summed E-state index contributed by atoms with van der Waals surface area (Å²) in [5.41, 5.74) is 16.0. The topological polar surface area (TPSA) is 20.3 Å². The molecular weight excluding hydrogens is 614 g/mol. The van der Waals surface area contributed by atoms with Gasteiger partial charge in [-0.2, -0.15) is 0 Å². The number of carbonyl (C=O) groups excluding carboxylic acids is 1. The van der Waals surface area contributed by atoms with Gasteiger partial charge in [0.15, 0.2) is 0 Å². The van der Waals surface area contributed by atoms with E-state index in [1.54, 1.807) is 0 Å². The lowest BCUT2D eigenvalue weighted by molar-refractivity contribution is 0.0751. The molecule has 1 amide bonds. The maximum absolute atomic E-state index is 13.4. The standard InChI is InChI=1S/C42H38BrNO/c1-3-5-23-44(24-6-4-2)42(45)29-17-15-28(16-18-29)41(43)40-38-14-10-9-13-36(38)37-22-20-31(27-39(37)40)30-19-21-35-33(25-30)26-32-11-7-8-12-34(32)35/h7-22,25,27H,3-6,23-24,26H2,1-2H3/b41-40+. The molecule has 0 N–H and O–H groups in total. The van der Waals surface area contributed by atoms with Gasteiger partial charge in [-0.05, 0) is 115 Å². The molecule has 2 aliphatic carbocycles. The van der Waals surface area contributed by atoms with Crippen molar-refractivity contribution in [2.24, 2.45) is 0 Å². The van der Waals surface area contributed by atoms with E-state index in [1.165, 1.54) is 61.2 Å². The lowest BCUT2D eigenvalue weighted by Crippen LogP contribution is -2.32. The minimum absolute atomic E-state index is 0.130. The van der Waals surface area contributed by atoms with Crippen molar-refractivity contribution in [1.29, 1.82) is 0 Å². The molecule has 0 fully saturated rings. The molecule has 0 unspecified atom stereocenters. The van der Waals surface area contributed by atoms with Gasteiger partial charge in [0, 0.05) is 28.7 Å². The second kappa shape index (κ2) is 12.7. The zero-order valence-electron chi connectivity index (χ0n) is 26.1. The first-order valence-corrected chi connectivity index (χ1v) is 17.1. The average Bonchev–Trinajstić information content (AvgIpc) is 3.62. The third-order valence-corrected chi connectivity index (χ3v) is 10.2. The van der Waals surface area contributed by atoms with Gasteiger partial charge < -0.3 is 4.90 Å². The maximum Gasteiger partial charge on any atom is 0.253 e. The van der Waals surface area contributed by atoms with Gasteiger partial charge in [0.2, 0.25) is 0 Å². The van der Waals surface area contributed by atoms with Crippen LogP contribution < -0.4 is 0 Å². The van der Waals surface area contributed by atoms with E-state index in [1.807, 2.05) is 17.0 Å². The van der Waals surface area contributed by atoms with E-state index in [0.29, 0.717) is 0 Å². The highest BCUT2D eigenvalue weighted by Gasteiger charge is 2.27. The predicted molar refractivity (Wildman–Crippen MR) is 193 cm³/mol. The Morgan fingerprint density at radius 2 is 1.16 bits per heavy atom. The van der Waals surface area contributed by atoms with E-state index >= 15 is 0 Å². The predicted octanol–water partition coefficient (Wildman–Crippen LogP) is 11.3. The summed E-state index contributed by atoms with van der Waals surface area (Å²) in [5, 5.41) is 0. The van der Waals surface area contributed by atoms with Crippen molar-refractivity contribution >= 4 is 31.9 Å². The molecule has 0 saturated carbocycles. The average molecular weight is 653 g/mol. The Labute approximate surface area is 275 Å². The van der Waals surface area contributed by atoms with E-state index in [4.69, 9.17) is 0 Å². The van der Waals surface area contributed by atoms with Crippen LogP contribution in [-0.2, 0) is 6.42 Å². The molecule has 7 rings (SSSR count). The summed E-state index contributed by atoms with van der Waals surface area (Å²) in [6.45, 7) is 5.99. The Morgan fingerprint density at radius 3 is 1.87 bits per heavy atom. The molecule has 3 heteroatoms. The zero-order valence-corrected chi connectivity index (χ0v) is 27.7. The highest BCUT2D eigenvalue weighted by molar-refractivity contribution is 9.15. The van der Waals surface area contributed by atoms with Crippen LogP contribution in [-0.4, -0.2) is 23.9 Å². The normalized spacial score (nSPS) is 13.6. The van der Waals surface area contributed by atoms with Crippen molar-refractivity contribution < 1.29 is 4.79 Å². The first-order valence-electron chi connectivity index (χ1n) is 16.3. The lowest BCUT2D eigenvalue weighted by Gasteiger charge is -2.22. The van der Waals surface area contributed by atoms with Crippen LogP contribution in [0.1, 0.15) is 77.7 Å². The Bertz CT molecular complexity index is 1930. The van der Waals surface area contributed by atoms with Gasteiger partial charge in [0.1, 0.15) is 0 Å². The van der Waals surface area contributed by atoms with E-state index in [-0.39, 0.29) is 5.91 Å². The Morgan fingerprint density at radius 1 is 0.600 bits per heavy atom. The Hall–Kier alpha value is -4.21. The number of fused-ring (bicyclic) bond motifs is 6. The van der Waals surface area contributed by atoms with Gasteiger partial charge in [-0.25, -0.2) is 0 Å². The summed E-state index contributed by atoms with van der Waals surface area (Å²) in [6.07, 6.45) is 5.22. The molecule has 0 saturated heterocycles. The highest BCUT2D eigenvalue weighted by Crippen LogP contribution is 2.50. The summed E-state index contributed by atoms with van der Waals surface area (Å²) in [4.78, 5) is 15.5. The Kier molecular flexibility index (Phi) is 8.29. The van der Waals surface area contributed by atoms with Crippen molar-refractivity contribution in [3.05, 3.63) is 143 Å². The molecule has 0 aromatic heterocycles. The third kappa shape index (κ3) is 5.48. The van der Waals surface area contributed by atoms with Crippen LogP contribution in [0.2, 0.25) is 0 Å². The van der Waals surface area contributed by atoms with Crippen molar-refractivity contribution in [2.75, 3.05) is 13.1 Å². The highest BCUT2D eigenvalue weighted by atomic mass is 79.9. The summed E-state index contributed by atoms with van der Waals surface area (Å²) in [5.74, 6) is 0.130. The first-order chi connectivity index (χ1) is 22.1. The van der Waals surface area contributed by atoms with Gasteiger partial charge in [-0.1, -0.05) is 118 Å². The molecule has 2 nitrogen and oxygen atoms in total. The SMILES string of the molecule is CCCCN(CCCC)C(=O)c1ccc(/C(Br)=C2/c3ccccc3-c3ccc(-c4ccc5c(c4)Cc4ccccc4-5)cc32)cc1. The first kappa shape index (κ1) is 29.5. The van der Waals surface area contributed by atoms with Crippen molar-refractivity contribution in [2.45, 2.75) is 46.0 Å². The van der Waals surface area contributed by atoms with Gasteiger partial charge in [0.25, 0.3) is 5.91 Å². The number of nitrogens with zero attached hydrogens (tertiary/aromatic N) is 1. The molecule has 2 aliphatic rings. The molecule has 5 aromatic carbocycles.